The second kappa shape index (κ2) is 4.09. The zero-order chi connectivity index (χ0) is 8.15. The number of carbonyl (C=O) groups is 1. The highest BCUT2D eigenvalue weighted by atomic mass is 16.1. The lowest BCUT2D eigenvalue weighted by atomic mass is 10.2. The highest BCUT2D eigenvalue weighted by Crippen LogP contribution is 1.98. The van der Waals surface area contributed by atoms with Crippen molar-refractivity contribution in [3.8, 4) is 0 Å². The minimum Gasteiger partial charge on any atom is -0.383 e. The highest BCUT2D eigenvalue weighted by Gasteiger charge is 1.99. The van der Waals surface area contributed by atoms with E-state index in [0.717, 1.165) is 5.57 Å². The fourth-order valence-corrected chi connectivity index (χ4v) is 0.738. The predicted molar refractivity (Wildman–Crippen MR) is 42.7 cm³/mol. The van der Waals surface area contributed by atoms with Crippen LogP contribution in [0.2, 0.25) is 0 Å². The summed E-state index contributed by atoms with van der Waals surface area (Å²) in [6.07, 6.45) is 2.43. The number of hydrogen-bond donors (Lipinski definition) is 0. The molecule has 0 fully saturated rings. The van der Waals surface area contributed by atoms with Gasteiger partial charge in [0.15, 0.2) is 5.78 Å². The molecule has 0 bridgehead atoms. The number of nitrogens with zero attached hydrogens (tertiary/aromatic N) is 1. The summed E-state index contributed by atoms with van der Waals surface area (Å²) in [5, 5.41) is 0. The maximum absolute atomic E-state index is 11.0. The molecule has 0 saturated heterocycles. The van der Waals surface area contributed by atoms with Gasteiger partial charge in [0.05, 0.1) is 0 Å². The van der Waals surface area contributed by atoms with Gasteiger partial charge in [-0.15, -0.1) is 0 Å². The van der Waals surface area contributed by atoms with Crippen LogP contribution in [0.15, 0.2) is 11.8 Å². The lowest BCUT2D eigenvalue weighted by Crippen LogP contribution is -2.06. The Morgan fingerprint density at radius 1 is 1.50 bits per heavy atom. The molecule has 10 heavy (non-hydrogen) atoms. The Morgan fingerprint density at radius 3 is 2.30 bits per heavy atom. The molecule has 0 aromatic carbocycles. The molecule has 0 saturated carbocycles. The predicted octanol–water partition coefficient (Wildman–Crippen LogP) is 1.43. The molecule has 0 radical (unpaired) electrons. The molecule has 2 nitrogen and oxygen atoms in total. The van der Waals surface area contributed by atoms with Gasteiger partial charge < -0.3 is 4.90 Å². The van der Waals surface area contributed by atoms with Crippen molar-refractivity contribution in [1.29, 1.82) is 0 Å². The van der Waals surface area contributed by atoms with Crippen molar-refractivity contribution in [2.45, 2.75) is 20.3 Å². The highest BCUT2D eigenvalue weighted by molar-refractivity contribution is 5.94. The van der Waals surface area contributed by atoms with Crippen molar-refractivity contribution in [3.63, 3.8) is 0 Å². The summed E-state index contributed by atoms with van der Waals surface area (Å²) in [6.45, 7) is 3.71. The van der Waals surface area contributed by atoms with E-state index in [4.69, 9.17) is 0 Å². The first-order valence-electron chi connectivity index (χ1n) is 3.46. The zero-order valence-corrected chi connectivity index (χ0v) is 7.14. The van der Waals surface area contributed by atoms with Crippen LogP contribution < -0.4 is 0 Å². The Hall–Kier alpha value is -0.790. The molecule has 0 aliphatic carbocycles. The van der Waals surface area contributed by atoms with Crippen LogP contribution in [-0.2, 0) is 4.79 Å². The summed E-state index contributed by atoms with van der Waals surface area (Å²) in [4.78, 5) is 12.8. The third-order valence-corrected chi connectivity index (χ3v) is 1.21. The van der Waals surface area contributed by atoms with Gasteiger partial charge in [0, 0.05) is 32.3 Å². The zero-order valence-electron chi connectivity index (χ0n) is 7.14. The van der Waals surface area contributed by atoms with Gasteiger partial charge in [0.1, 0.15) is 0 Å². The lowest BCUT2D eigenvalue weighted by molar-refractivity contribution is -0.115. The third-order valence-electron chi connectivity index (χ3n) is 1.21. The normalized spacial score (nSPS) is 11.4. The van der Waals surface area contributed by atoms with E-state index < -0.39 is 0 Å². The van der Waals surface area contributed by atoms with Crippen LogP contribution >= 0.6 is 0 Å². The van der Waals surface area contributed by atoms with Crippen LogP contribution in [0.3, 0.4) is 0 Å². The van der Waals surface area contributed by atoms with Crippen molar-refractivity contribution < 1.29 is 4.79 Å². The molecular weight excluding hydrogens is 126 g/mol. The van der Waals surface area contributed by atoms with Crippen molar-refractivity contribution in [2.24, 2.45) is 0 Å². The smallest absolute Gasteiger partial charge is 0.159 e. The lowest BCUT2D eigenvalue weighted by Gasteiger charge is -2.05. The van der Waals surface area contributed by atoms with Gasteiger partial charge in [0.25, 0.3) is 0 Å². The molecule has 0 atom stereocenters. The van der Waals surface area contributed by atoms with E-state index in [2.05, 4.69) is 0 Å². The Bertz CT molecular complexity index is 147. The largest absolute Gasteiger partial charge is 0.383 e. The minimum absolute atomic E-state index is 0.216. The second-order valence-electron chi connectivity index (χ2n) is 2.55. The molecule has 0 spiro atoms. The molecule has 2 heteroatoms. The summed E-state index contributed by atoms with van der Waals surface area (Å²) in [5.74, 6) is 0.216. The van der Waals surface area contributed by atoms with Crippen molar-refractivity contribution in [2.75, 3.05) is 14.1 Å². The van der Waals surface area contributed by atoms with Crippen LogP contribution in [-0.4, -0.2) is 24.8 Å². The maximum Gasteiger partial charge on any atom is 0.159 e. The molecule has 0 aromatic heterocycles. The summed E-state index contributed by atoms with van der Waals surface area (Å²) in [6, 6.07) is 0. The Labute approximate surface area is 62.5 Å². The molecule has 0 aromatic rings. The van der Waals surface area contributed by atoms with Gasteiger partial charge in [-0.3, -0.25) is 4.79 Å². The minimum atomic E-state index is 0.216. The number of rotatable bonds is 3. The van der Waals surface area contributed by atoms with Crippen LogP contribution in [0.1, 0.15) is 20.3 Å². The first-order valence-corrected chi connectivity index (χ1v) is 3.46. The number of ketones is 1. The molecule has 0 rings (SSSR count). The molecule has 0 amide bonds. The van der Waals surface area contributed by atoms with E-state index in [0.29, 0.717) is 6.42 Å². The van der Waals surface area contributed by atoms with Crippen LogP contribution in [0.25, 0.3) is 0 Å². The van der Waals surface area contributed by atoms with E-state index in [1.54, 1.807) is 0 Å². The van der Waals surface area contributed by atoms with Gasteiger partial charge in [-0.1, -0.05) is 6.92 Å². The van der Waals surface area contributed by atoms with Gasteiger partial charge in [-0.2, -0.15) is 0 Å². The molecule has 0 aliphatic rings. The van der Waals surface area contributed by atoms with Crippen LogP contribution in [0.5, 0.6) is 0 Å². The topological polar surface area (TPSA) is 20.3 Å². The maximum atomic E-state index is 11.0. The summed E-state index contributed by atoms with van der Waals surface area (Å²) >= 11 is 0. The van der Waals surface area contributed by atoms with Gasteiger partial charge >= 0.3 is 0 Å². The van der Waals surface area contributed by atoms with E-state index in [-0.39, 0.29) is 5.78 Å². The van der Waals surface area contributed by atoms with Crippen molar-refractivity contribution in [3.05, 3.63) is 11.8 Å². The molecule has 0 heterocycles. The fraction of sp³-hybridized carbons (Fsp3) is 0.625. The molecule has 0 unspecified atom stereocenters. The number of carbonyl (C=O) groups excluding carboxylic acids is 1. The third kappa shape index (κ3) is 3.28. The summed E-state index contributed by atoms with van der Waals surface area (Å²) in [5.41, 5.74) is 0.826. The Balaban J connectivity index is 4.05. The molecule has 0 N–H and O–H groups in total. The Kier molecular flexibility index (Phi) is 3.77. The standard InChI is InChI=1S/C8H15NO/c1-5-8(10)7(2)6-9(3)4/h6H,5H2,1-4H3/b7-6-. The number of Topliss-reactive ketones (excluding diaryl/α,β-unsaturated/α-hetero) is 1. The van der Waals surface area contributed by atoms with Gasteiger partial charge in [-0.25, -0.2) is 0 Å². The van der Waals surface area contributed by atoms with E-state index in [9.17, 15) is 4.79 Å². The Morgan fingerprint density at radius 2 is 2.00 bits per heavy atom. The first-order chi connectivity index (χ1) is 4.57. The van der Waals surface area contributed by atoms with Gasteiger partial charge in [0.2, 0.25) is 0 Å². The monoisotopic (exact) mass is 141 g/mol. The molecular formula is C8H15NO. The average Bonchev–Trinajstić information content (AvgIpc) is 1.85. The van der Waals surface area contributed by atoms with E-state index in [1.165, 1.54) is 0 Å². The van der Waals surface area contributed by atoms with E-state index >= 15 is 0 Å². The summed E-state index contributed by atoms with van der Waals surface area (Å²) < 4.78 is 0. The SMILES string of the molecule is CCC(=O)/C(C)=C\N(C)C. The van der Waals surface area contributed by atoms with Crippen LogP contribution in [0, 0.1) is 0 Å². The number of allylic oxidation sites excluding steroid dienone is 1. The first kappa shape index (κ1) is 9.21. The van der Waals surface area contributed by atoms with E-state index in [1.807, 2.05) is 39.0 Å². The average molecular weight is 141 g/mol. The molecule has 0 aliphatic heterocycles. The van der Waals surface area contributed by atoms with Crippen molar-refractivity contribution in [1.82, 2.24) is 4.90 Å². The number of hydrogen-bond acceptors (Lipinski definition) is 2. The molecule has 58 valence electrons. The van der Waals surface area contributed by atoms with Crippen LogP contribution in [0.4, 0.5) is 0 Å². The fourth-order valence-electron chi connectivity index (χ4n) is 0.738. The summed E-state index contributed by atoms with van der Waals surface area (Å²) in [7, 11) is 3.82. The quantitative estimate of drug-likeness (QED) is 0.554. The second-order valence-corrected chi connectivity index (χ2v) is 2.55. The van der Waals surface area contributed by atoms with Crippen molar-refractivity contribution >= 4 is 5.78 Å². The van der Waals surface area contributed by atoms with Gasteiger partial charge in [-0.05, 0) is 6.92 Å².